The first-order chi connectivity index (χ1) is 14.1. The summed E-state index contributed by atoms with van der Waals surface area (Å²) in [4.78, 5) is 41.9. The molecule has 8 heteroatoms. The Labute approximate surface area is 166 Å². The molecule has 144 valence electrons. The summed E-state index contributed by atoms with van der Waals surface area (Å²) in [6.07, 6.45) is 1.08. The normalized spacial score (nSPS) is 17.0. The van der Waals surface area contributed by atoms with Crippen molar-refractivity contribution in [3.8, 4) is 0 Å². The summed E-state index contributed by atoms with van der Waals surface area (Å²) < 4.78 is 0. The number of para-hydroxylation sites is 1. The predicted octanol–water partition coefficient (Wildman–Crippen LogP) is 2.55. The van der Waals surface area contributed by atoms with E-state index in [0.717, 1.165) is 5.56 Å². The first kappa shape index (κ1) is 17.2. The largest absolute Gasteiger partial charge is 0.313 e. The third kappa shape index (κ3) is 2.68. The van der Waals surface area contributed by atoms with Crippen molar-refractivity contribution in [3.63, 3.8) is 0 Å². The van der Waals surface area contributed by atoms with Gasteiger partial charge in [-0.3, -0.25) is 24.4 Å². The van der Waals surface area contributed by atoms with Gasteiger partial charge in [-0.15, -0.1) is 0 Å². The van der Waals surface area contributed by atoms with Gasteiger partial charge >= 0.3 is 0 Å². The number of carbonyl (C=O) groups excluding carboxylic acids is 3. The average Bonchev–Trinajstić information content (AvgIpc) is 3.35. The number of nitrogens with zero attached hydrogens (tertiary/aromatic N) is 3. The van der Waals surface area contributed by atoms with Gasteiger partial charge < -0.3 is 10.2 Å². The minimum absolute atomic E-state index is 0.0909. The second-order valence-corrected chi connectivity index (χ2v) is 6.92. The van der Waals surface area contributed by atoms with Crippen LogP contribution in [-0.4, -0.2) is 39.4 Å². The van der Waals surface area contributed by atoms with Gasteiger partial charge in [-0.25, -0.2) is 0 Å². The lowest BCUT2D eigenvalue weighted by Crippen LogP contribution is -2.49. The number of rotatable bonds is 4. The van der Waals surface area contributed by atoms with E-state index < -0.39 is 6.17 Å². The van der Waals surface area contributed by atoms with E-state index >= 15 is 0 Å². The molecule has 1 aromatic heterocycles. The molecule has 2 aliphatic heterocycles. The first-order valence-electron chi connectivity index (χ1n) is 9.27. The van der Waals surface area contributed by atoms with Crippen molar-refractivity contribution in [2.45, 2.75) is 12.6 Å². The summed E-state index contributed by atoms with van der Waals surface area (Å²) in [7, 11) is 0. The van der Waals surface area contributed by atoms with Crippen molar-refractivity contribution < 1.29 is 14.4 Å². The summed E-state index contributed by atoms with van der Waals surface area (Å²) in [5, 5.41) is 9.17. The van der Waals surface area contributed by atoms with Crippen molar-refractivity contribution in [3.05, 3.63) is 77.5 Å². The highest BCUT2D eigenvalue weighted by molar-refractivity contribution is 6.16. The second-order valence-electron chi connectivity index (χ2n) is 6.92. The van der Waals surface area contributed by atoms with Crippen LogP contribution in [0.2, 0.25) is 0 Å². The number of anilines is 2. The zero-order chi connectivity index (χ0) is 20.0. The summed E-state index contributed by atoms with van der Waals surface area (Å²) in [5.41, 5.74) is 2.41. The Balaban J connectivity index is 1.48. The molecule has 1 unspecified atom stereocenters. The highest BCUT2D eigenvalue weighted by atomic mass is 16.2. The van der Waals surface area contributed by atoms with Crippen LogP contribution in [0.25, 0.3) is 0 Å². The van der Waals surface area contributed by atoms with Crippen LogP contribution >= 0.6 is 0 Å². The number of fused-ring (bicyclic) bond motifs is 5. The maximum absolute atomic E-state index is 13.2. The zero-order valence-corrected chi connectivity index (χ0v) is 15.3. The Morgan fingerprint density at radius 1 is 1.00 bits per heavy atom. The molecule has 2 aromatic carbocycles. The fourth-order valence-electron chi connectivity index (χ4n) is 3.96. The van der Waals surface area contributed by atoms with Crippen LogP contribution in [0.5, 0.6) is 0 Å². The SMILES string of the molecule is O=C(CCN1C(=O)c2ccccc2N2C(=O)c3ccccc3C12)Nc1ccn[nH]1. The number of aromatic amines is 1. The van der Waals surface area contributed by atoms with E-state index in [0.29, 0.717) is 22.6 Å². The number of nitrogens with one attached hydrogen (secondary N) is 2. The van der Waals surface area contributed by atoms with Crippen molar-refractivity contribution >= 4 is 29.2 Å². The maximum Gasteiger partial charge on any atom is 0.260 e. The van der Waals surface area contributed by atoms with E-state index in [4.69, 9.17) is 0 Å². The van der Waals surface area contributed by atoms with Crippen molar-refractivity contribution in [2.75, 3.05) is 16.8 Å². The molecule has 0 fully saturated rings. The third-order valence-electron chi connectivity index (χ3n) is 5.24. The lowest BCUT2D eigenvalue weighted by atomic mass is 10.0. The predicted molar refractivity (Wildman–Crippen MR) is 105 cm³/mol. The van der Waals surface area contributed by atoms with Crippen LogP contribution in [0.4, 0.5) is 11.5 Å². The Morgan fingerprint density at radius 2 is 1.76 bits per heavy atom. The molecular formula is C21H17N5O3. The Hall–Kier alpha value is -3.94. The molecule has 29 heavy (non-hydrogen) atoms. The van der Waals surface area contributed by atoms with Gasteiger partial charge in [-0.2, -0.15) is 5.10 Å². The fraction of sp³-hybridized carbons (Fsp3) is 0.143. The van der Waals surface area contributed by atoms with E-state index in [1.54, 1.807) is 46.3 Å². The molecule has 0 radical (unpaired) electrons. The molecule has 8 nitrogen and oxygen atoms in total. The van der Waals surface area contributed by atoms with Crippen molar-refractivity contribution in [1.29, 1.82) is 0 Å². The van der Waals surface area contributed by atoms with Crippen LogP contribution in [0.1, 0.15) is 38.9 Å². The minimum Gasteiger partial charge on any atom is -0.313 e. The molecule has 0 aliphatic carbocycles. The summed E-state index contributed by atoms with van der Waals surface area (Å²) in [5.74, 6) is -0.0865. The van der Waals surface area contributed by atoms with E-state index in [1.807, 2.05) is 24.3 Å². The Kier molecular flexibility index (Phi) is 3.90. The number of H-pyrrole nitrogens is 1. The average molecular weight is 387 g/mol. The molecule has 2 N–H and O–H groups in total. The summed E-state index contributed by atoms with van der Waals surface area (Å²) in [6.45, 7) is 0.177. The zero-order valence-electron chi connectivity index (χ0n) is 15.3. The monoisotopic (exact) mass is 387 g/mol. The number of aromatic nitrogens is 2. The van der Waals surface area contributed by atoms with Gasteiger partial charge in [0.25, 0.3) is 11.8 Å². The van der Waals surface area contributed by atoms with Crippen LogP contribution < -0.4 is 10.2 Å². The molecular weight excluding hydrogens is 370 g/mol. The molecule has 2 aliphatic rings. The quantitative estimate of drug-likeness (QED) is 0.719. The Morgan fingerprint density at radius 3 is 2.55 bits per heavy atom. The summed E-state index contributed by atoms with van der Waals surface area (Å²) in [6, 6.07) is 16.0. The number of hydrogen-bond donors (Lipinski definition) is 2. The second kappa shape index (κ2) is 6.59. The highest BCUT2D eigenvalue weighted by Crippen LogP contribution is 2.45. The fourth-order valence-corrected chi connectivity index (χ4v) is 3.96. The standard InChI is InChI=1S/C21H17N5O3/c27-18(23-17-9-11-22-24-17)10-12-25-19-13-5-1-2-6-14(13)21(29)26(19)16-8-4-3-7-15(16)20(25)28/h1-9,11,19H,10,12H2,(H2,22,23,24,27). The molecule has 0 spiro atoms. The lowest BCUT2D eigenvalue weighted by molar-refractivity contribution is -0.116. The maximum atomic E-state index is 13.2. The molecule has 3 aromatic rings. The number of benzene rings is 2. The van der Waals surface area contributed by atoms with Gasteiger partial charge in [-0.05, 0) is 18.2 Å². The molecule has 0 bridgehead atoms. The van der Waals surface area contributed by atoms with Gasteiger partial charge in [0, 0.05) is 30.2 Å². The van der Waals surface area contributed by atoms with E-state index in [2.05, 4.69) is 15.5 Å². The van der Waals surface area contributed by atoms with Gasteiger partial charge in [0.15, 0.2) is 0 Å². The molecule has 3 heterocycles. The minimum atomic E-state index is -0.555. The molecule has 5 rings (SSSR count). The van der Waals surface area contributed by atoms with E-state index in [-0.39, 0.29) is 30.7 Å². The Bertz CT molecular complexity index is 1120. The summed E-state index contributed by atoms with van der Waals surface area (Å²) >= 11 is 0. The number of amides is 3. The molecule has 1 atom stereocenters. The topological polar surface area (TPSA) is 98.4 Å². The van der Waals surface area contributed by atoms with E-state index in [1.165, 1.54) is 0 Å². The lowest BCUT2D eigenvalue weighted by Gasteiger charge is -2.40. The van der Waals surface area contributed by atoms with Crippen LogP contribution in [0.3, 0.4) is 0 Å². The van der Waals surface area contributed by atoms with Crippen molar-refractivity contribution in [1.82, 2.24) is 15.1 Å². The number of carbonyl (C=O) groups is 3. The van der Waals surface area contributed by atoms with Crippen LogP contribution in [-0.2, 0) is 4.79 Å². The van der Waals surface area contributed by atoms with Gasteiger partial charge in [-0.1, -0.05) is 30.3 Å². The smallest absolute Gasteiger partial charge is 0.260 e. The van der Waals surface area contributed by atoms with Gasteiger partial charge in [0.2, 0.25) is 5.91 Å². The molecule has 0 saturated heterocycles. The van der Waals surface area contributed by atoms with E-state index in [9.17, 15) is 14.4 Å². The molecule has 3 amide bonds. The van der Waals surface area contributed by atoms with Crippen molar-refractivity contribution in [2.24, 2.45) is 0 Å². The van der Waals surface area contributed by atoms with Crippen LogP contribution in [0, 0.1) is 0 Å². The highest BCUT2D eigenvalue weighted by Gasteiger charge is 2.47. The molecule has 0 saturated carbocycles. The third-order valence-corrected chi connectivity index (χ3v) is 5.24. The van der Waals surface area contributed by atoms with Gasteiger partial charge in [0.1, 0.15) is 12.0 Å². The number of hydrogen-bond acceptors (Lipinski definition) is 4. The first-order valence-corrected chi connectivity index (χ1v) is 9.27. The van der Waals surface area contributed by atoms with Crippen LogP contribution in [0.15, 0.2) is 60.8 Å². The van der Waals surface area contributed by atoms with Gasteiger partial charge in [0.05, 0.1) is 17.4 Å².